The number of aliphatic hydroxyl groups is 1. The molecule has 0 saturated carbocycles. The van der Waals surface area contributed by atoms with Crippen LogP contribution in [0.4, 0.5) is 0 Å². The summed E-state index contributed by atoms with van der Waals surface area (Å²) < 4.78 is 1.73. The maximum absolute atomic E-state index is 13.8. The molecule has 1 fully saturated rings. The van der Waals surface area contributed by atoms with Crippen LogP contribution in [-0.4, -0.2) is 69.4 Å². The minimum absolute atomic E-state index is 0.0154. The van der Waals surface area contributed by atoms with Gasteiger partial charge in [0.05, 0.1) is 19.0 Å². The van der Waals surface area contributed by atoms with Crippen molar-refractivity contribution < 1.29 is 9.90 Å². The highest BCUT2D eigenvalue weighted by atomic mass is 16.3. The maximum atomic E-state index is 13.8. The number of β-amino-alcohol motifs (C(OH)–C–C–N with tert-alkyl or cyclic N) is 1. The molecule has 1 aliphatic rings. The van der Waals surface area contributed by atoms with Gasteiger partial charge in [-0.3, -0.25) is 9.48 Å². The van der Waals surface area contributed by atoms with Crippen LogP contribution >= 0.6 is 0 Å². The van der Waals surface area contributed by atoms with E-state index in [4.69, 9.17) is 0 Å². The van der Waals surface area contributed by atoms with Gasteiger partial charge in [0.15, 0.2) is 0 Å². The van der Waals surface area contributed by atoms with Gasteiger partial charge in [-0.2, -0.15) is 5.10 Å². The topological polar surface area (TPSA) is 61.6 Å². The zero-order valence-electron chi connectivity index (χ0n) is 17.3. The number of hydrogen-bond donors (Lipinski definition) is 1. The summed E-state index contributed by atoms with van der Waals surface area (Å²) in [7, 11) is 1.98. The van der Waals surface area contributed by atoms with Crippen LogP contribution in [0.15, 0.2) is 79.1 Å². The molecule has 156 valence electrons. The molecule has 1 aromatic heterocycles. The van der Waals surface area contributed by atoms with Crippen LogP contribution < -0.4 is 0 Å². The molecule has 1 amide bonds. The Labute approximate surface area is 177 Å². The lowest BCUT2D eigenvalue weighted by Gasteiger charge is -2.34. The number of rotatable bonds is 5. The highest BCUT2D eigenvalue weighted by Gasteiger charge is 2.38. The van der Waals surface area contributed by atoms with Gasteiger partial charge in [-0.1, -0.05) is 60.7 Å². The van der Waals surface area contributed by atoms with E-state index < -0.39 is 11.5 Å². The van der Waals surface area contributed by atoms with E-state index in [1.807, 2.05) is 84.9 Å². The number of carbonyl (C=O) groups is 1. The molecule has 6 heteroatoms. The van der Waals surface area contributed by atoms with Crippen LogP contribution in [0.2, 0.25) is 0 Å². The molecule has 1 atom stereocenters. The molecule has 0 radical (unpaired) electrons. The summed E-state index contributed by atoms with van der Waals surface area (Å²) in [4.78, 5) is 17.7. The molecule has 2 aromatic carbocycles. The van der Waals surface area contributed by atoms with Crippen LogP contribution in [-0.2, 0) is 11.3 Å². The molecule has 4 rings (SSSR count). The van der Waals surface area contributed by atoms with Crippen molar-refractivity contribution >= 4 is 5.91 Å². The van der Waals surface area contributed by atoms with Crippen molar-refractivity contribution in [3.8, 4) is 0 Å². The predicted molar refractivity (Wildman–Crippen MR) is 116 cm³/mol. The maximum Gasteiger partial charge on any atom is 0.234 e. The second-order valence-corrected chi connectivity index (χ2v) is 8.18. The molecule has 1 aliphatic heterocycles. The van der Waals surface area contributed by atoms with E-state index in [-0.39, 0.29) is 12.5 Å². The Morgan fingerprint density at radius 3 is 2.20 bits per heavy atom. The van der Waals surface area contributed by atoms with Gasteiger partial charge in [-0.15, -0.1) is 0 Å². The SMILES string of the molecule is CN1CCN(C(=O)C(c2ccccc2)c2ccccc2)CC(O)(Cn2cccn2)C1. The summed E-state index contributed by atoms with van der Waals surface area (Å²) in [6.07, 6.45) is 3.54. The third-order valence-corrected chi connectivity index (χ3v) is 5.64. The molecular formula is C24H28N4O2. The van der Waals surface area contributed by atoms with Crippen LogP contribution in [0.25, 0.3) is 0 Å². The van der Waals surface area contributed by atoms with E-state index in [0.717, 1.165) is 11.1 Å². The van der Waals surface area contributed by atoms with Gasteiger partial charge in [0.1, 0.15) is 5.60 Å². The van der Waals surface area contributed by atoms with Gasteiger partial charge < -0.3 is 14.9 Å². The number of carbonyl (C=O) groups excluding carboxylic acids is 1. The average molecular weight is 405 g/mol. The summed E-state index contributed by atoms with van der Waals surface area (Å²) >= 11 is 0. The lowest BCUT2D eigenvalue weighted by atomic mass is 9.89. The first kappa shape index (κ1) is 20.3. The minimum atomic E-state index is -1.08. The van der Waals surface area contributed by atoms with Gasteiger partial charge in [-0.25, -0.2) is 0 Å². The normalized spacial score (nSPS) is 20.3. The number of aromatic nitrogens is 2. The molecule has 30 heavy (non-hydrogen) atoms. The molecule has 1 N–H and O–H groups in total. The average Bonchev–Trinajstić information content (AvgIpc) is 3.19. The van der Waals surface area contributed by atoms with E-state index in [9.17, 15) is 9.90 Å². The fraction of sp³-hybridized carbons (Fsp3) is 0.333. The molecular weight excluding hydrogens is 376 g/mol. The van der Waals surface area contributed by atoms with Crippen LogP contribution in [0, 0.1) is 0 Å². The Balaban J connectivity index is 1.64. The fourth-order valence-corrected chi connectivity index (χ4v) is 4.29. The first-order valence-electron chi connectivity index (χ1n) is 10.3. The van der Waals surface area contributed by atoms with Crippen LogP contribution in [0.3, 0.4) is 0 Å². The van der Waals surface area contributed by atoms with Crippen LogP contribution in [0.1, 0.15) is 17.0 Å². The second-order valence-electron chi connectivity index (χ2n) is 8.18. The zero-order valence-corrected chi connectivity index (χ0v) is 17.3. The molecule has 6 nitrogen and oxygen atoms in total. The van der Waals surface area contributed by atoms with Crippen molar-refractivity contribution in [1.82, 2.24) is 19.6 Å². The first-order valence-corrected chi connectivity index (χ1v) is 10.3. The zero-order chi connectivity index (χ0) is 21.0. The van der Waals surface area contributed by atoms with Crippen molar-refractivity contribution in [3.05, 3.63) is 90.3 Å². The number of nitrogens with zero attached hydrogens (tertiary/aromatic N) is 4. The lowest BCUT2D eigenvalue weighted by Crippen LogP contribution is -2.51. The fourth-order valence-electron chi connectivity index (χ4n) is 4.29. The third kappa shape index (κ3) is 4.61. The Bertz CT molecular complexity index is 906. The molecule has 0 bridgehead atoms. The molecule has 3 aromatic rings. The van der Waals surface area contributed by atoms with Crippen molar-refractivity contribution in [1.29, 1.82) is 0 Å². The summed E-state index contributed by atoms with van der Waals surface area (Å²) in [6, 6.07) is 21.6. The quantitative estimate of drug-likeness (QED) is 0.708. The van der Waals surface area contributed by atoms with Gasteiger partial charge in [-0.05, 0) is 24.2 Å². The van der Waals surface area contributed by atoms with E-state index in [2.05, 4.69) is 10.00 Å². The van der Waals surface area contributed by atoms with Gasteiger partial charge in [0, 0.05) is 32.0 Å². The summed E-state index contributed by atoms with van der Waals surface area (Å²) in [5, 5.41) is 15.7. The van der Waals surface area contributed by atoms with E-state index in [1.54, 1.807) is 10.9 Å². The van der Waals surface area contributed by atoms with Gasteiger partial charge >= 0.3 is 0 Å². The largest absolute Gasteiger partial charge is 0.385 e. The van der Waals surface area contributed by atoms with E-state index in [1.165, 1.54) is 0 Å². The second kappa shape index (κ2) is 8.81. The standard InChI is InChI=1S/C24H28N4O2/c1-26-15-16-27(18-24(30,17-26)19-28-14-8-13-25-28)23(29)22(20-9-4-2-5-10-20)21-11-6-3-7-12-21/h2-14,22,30H,15-19H2,1H3. The highest BCUT2D eigenvalue weighted by molar-refractivity contribution is 5.87. The Hall–Kier alpha value is -2.96. The Kier molecular flexibility index (Phi) is 5.97. The van der Waals surface area contributed by atoms with Crippen molar-refractivity contribution in [2.24, 2.45) is 0 Å². The molecule has 0 spiro atoms. The third-order valence-electron chi connectivity index (χ3n) is 5.64. The Morgan fingerprint density at radius 1 is 1.00 bits per heavy atom. The van der Waals surface area contributed by atoms with Crippen molar-refractivity contribution in [3.63, 3.8) is 0 Å². The van der Waals surface area contributed by atoms with Crippen molar-refractivity contribution in [2.45, 2.75) is 18.1 Å². The summed E-state index contributed by atoms with van der Waals surface area (Å²) in [5.41, 5.74) is 0.842. The van der Waals surface area contributed by atoms with Gasteiger partial charge in [0.2, 0.25) is 5.91 Å². The predicted octanol–water partition coefficient (Wildman–Crippen LogP) is 2.22. The van der Waals surface area contributed by atoms with E-state index in [0.29, 0.717) is 26.2 Å². The minimum Gasteiger partial charge on any atom is -0.385 e. The monoisotopic (exact) mass is 404 g/mol. The van der Waals surface area contributed by atoms with E-state index >= 15 is 0 Å². The lowest BCUT2D eigenvalue weighted by molar-refractivity contribution is -0.135. The molecule has 1 unspecified atom stereocenters. The molecule has 1 saturated heterocycles. The first-order chi connectivity index (χ1) is 14.5. The number of amides is 1. The highest BCUT2D eigenvalue weighted by Crippen LogP contribution is 2.28. The molecule has 0 aliphatic carbocycles. The number of benzene rings is 2. The summed E-state index contributed by atoms with van der Waals surface area (Å²) in [5.74, 6) is -0.383. The number of likely N-dealkylation sites (N-methyl/N-ethyl adjacent to an activating group) is 1. The Morgan fingerprint density at radius 2 is 1.63 bits per heavy atom. The van der Waals surface area contributed by atoms with Crippen LogP contribution in [0.5, 0.6) is 0 Å². The van der Waals surface area contributed by atoms with Crippen molar-refractivity contribution in [2.75, 3.05) is 33.2 Å². The number of hydrogen-bond acceptors (Lipinski definition) is 4. The smallest absolute Gasteiger partial charge is 0.234 e. The molecule has 2 heterocycles. The van der Waals surface area contributed by atoms with Gasteiger partial charge in [0.25, 0.3) is 0 Å². The summed E-state index contributed by atoms with van der Waals surface area (Å²) in [6.45, 7) is 2.38.